The van der Waals surface area contributed by atoms with Gasteiger partial charge in [-0.25, -0.2) is 0 Å². The molecule has 4 nitrogen and oxygen atoms in total. The Kier molecular flexibility index (Phi) is 3.92. The molecule has 2 aliphatic rings. The first-order valence-electron chi connectivity index (χ1n) is 7.33. The molecular weight excluding hydrogens is 256 g/mol. The molecule has 1 aromatic carbocycles. The van der Waals surface area contributed by atoms with E-state index in [2.05, 4.69) is 0 Å². The van der Waals surface area contributed by atoms with Gasteiger partial charge in [0.05, 0.1) is 11.7 Å². The molecule has 0 amide bonds. The second-order valence-corrected chi connectivity index (χ2v) is 5.72. The Bertz CT molecular complexity index is 491. The van der Waals surface area contributed by atoms with E-state index in [-0.39, 0.29) is 12.4 Å². The highest BCUT2D eigenvalue weighted by Crippen LogP contribution is 2.31. The first-order chi connectivity index (χ1) is 9.72. The van der Waals surface area contributed by atoms with Crippen molar-refractivity contribution >= 4 is 5.78 Å². The second-order valence-electron chi connectivity index (χ2n) is 5.72. The lowest BCUT2D eigenvalue weighted by Crippen LogP contribution is -2.20. The largest absolute Gasteiger partial charge is 0.491 e. The quantitative estimate of drug-likeness (QED) is 0.898. The number of carbonyl (C=O) groups is 1. The van der Waals surface area contributed by atoms with Gasteiger partial charge >= 0.3 is 0 Å². The molecule has 1 aliphatic carbocycles. The van der Waals surface area contributed by atoms with Crippen molar-refractivity contribution in [2.24, 2.45) is 5.92 Å². The van der Waals surface area contributed by atoms with E-state index in [0.29, 0.717) is 29.6 Å². The maximum Gasteiger partial charge on any atom is 0.203 e. The van der Waals surface area contributed by atoms with Crippen LogP contribution in [0, 0.1) is 5.92 Å². The summed E-state index contributed by atoms with van der Waals surface area (Å²) in [7, 11) is 0. The van der Waals surface area contributed by atoms with Gasteiger partial charge in [0.15, 0.2) is 6.61 Å². The van der Waals surface area contributed by atoms with Crippen LogP contribution in [0.2, 0.25) is 0 Å². The molecule has 1 heterocycles. The number of aliphatic hydroxyl groups excluding tert-OH is 1. The molecule has 0 saturated heterocycles. The molecule has 0 bridgehead atoms. The summed E-state index contributed by atoms with van der Waals surface area (Å²) in [6.07, 6.45) is 5.43. The van der Waals surface area contributed by atoms with E-state index in [0.717, 1.165) is 6.42 Å². The minimum absolute atomic E-state index is 0.00724. The van der Waals surface area contributed by atoms with Crippen LogP contribution >= 0.6 is 0 Å². The molecule has 1 fully saturated rings. The minimum Gasteiger partial charge on any atom is -0.491 e. The van der Waals surface area contributed by atoms with E-state index in [9.17, 15) is 9.90 Å². The van der Waals surface area contributed by atoms with Crippen molar-refractivity contribution in [3.63, 3.8) is 0 Å². The molecular formula is C16H20O4. The number of ketones is 1. The Morgan fingerprint density at radius 2 is 2.15 bits per heavy atom. The number of aliphatic hydroxyl groups is 1. The maximum absolute atomic E-state index is 11.4. The van der Waals surface area contributed by atoms with Gasteiger partial charge in [-0.05, 0) is 24.5 Å². The third kappa shape index (κ3) is 2.96. The average molecular weight is 276 g/mol. The number of hydrogen-bond acceptors (Lipinski definition) is 4. The molecule has 1 aliphatic heterocycles. The molecule has 20 heavy (non-hydrogen) atoms. The topological polar surface area (TPSA) is 55.8 Å². The molecule has 1 saturated carbocycles. The first-order valence-corrected chi connectivity index (χ1v) is 7.33. The van der Waals surface area contributed by atoms with Crippen molar-refractivity contribution in [2.45, 2.75) is 38.2 Å². The first kappa shape index (κ1) is 13.4. The lowest BCUT2D eigenvalue weighted by molar-refractivity contribution is 0.0854. The Hall–Kier alpha value is -1.55. The maximum atomic E-state index is 11.4. The molecule has 0 spiro atoms. The molecule has 1 aromatic rings. The summed E-state index contributed by atoms with van der Waals surface area (Å²) in [6, 6.07) is 5.21. The zero-order valence-corrected chi connectivity index (χ0v) is 11.5. The van der Waals surface area contributed by atoms with Crippen molar-refractivity contribution in [3.05, 3.63) is 23.8 Å². The smallest absolute Gasteiger partial charge is 0.203 e. The van der Waals surface area contributed by atoms with Gasteiger partial charge in [0, 0.05) is 6.07 Å². The summed E-state index contributed by atoms with van der Waals surface area (Å²) in [6.45, 7) is 0.409. The summed E-state index contributed by atoms with van der Waals surface area (Å²) in [5.41, 5.74) is 0.615. The zero-order chi connectivity index (χ0) is 13.9. The summed E-state index contributed by atoms with van der Waals surface area (Å²) in [5.74, 6) is 1.88. The van der Waals surface area contributed by atoms with Crippen LogP contribution < -0.4 is 9.47 Å². The highest BCUT2D eigenvalue weighted by Gasteiger charge is 2.22. The van der Waals surface area contributed by atoms with Gasteiger partial charge in [-0.2, -0.15) is 0 Å². The fraction of sp³-hybridized carbons (Fsp3) is 0.562. The Labute approximate surface area is 118 Å². The third-order valence-electron chi connectivity index (χ3n) is 4.13. The van der Waals surface area contributed by atoms with Gasteiger partial charge in [-0.1, -0.05) is 25.7 Å². The van der Waals surface area contributed by atoms with Crippen molar-refractivity contribution in [1.82, 2.24) is 0 Å². The number of hydrogen-bond donors (Lipinski definition) is 1. The Morgan fingerprint density at radius 1 is 1.35 bits per heavy atom. The molecule has 0 aromatic heterocycles. The van der Waals surface area contributed by atoms with E-state index in [4.69, 9.17) is 9.47 Å². The van der Waals surface area contributed by atoms with E-state index in [1.807, 2.05) is 0 Å². The average Bonchev–Trinajstić information content (AvgIpc) is 3.07. The molecule has 0 radical (unpaired) electrons. The second kappa shape index (κ2) is 5.83. The number of carbonyl (C=O) groups excluding carboxylic acids is 1. The van der Waals surface area contributed by atoms with Crippen LogP contribution in [0.4, 0.5) is 0 Å². The van der Waals surface area contributed by atoms with E-state index in [1.165, 1.54) is 25.7 Å². The number of ether oxygens (including phenoxy) is 2. The van der Waals surface area contributed by atoms with Crippen molar-refractivity contribution in [2.75, 3.05) is 13.2 Å². The fourth-order valence-electron chi connectivity index (χ4n) is 3.05. The van der Waals surface area contributed by atoms with Crippen molar-refractivity contribution < 1.29 is 19.4 Å². The molecule has 3 rings (SSSR count). The Morgan fingerprint density at radius 3 is 2.95 bits per heavy atom. The number of benzene rings is 1. The predicted molar refractivity (Wildman–Crippen MR) is 74.3 cm³/mol. The van der Waals surface area contributed by atoms with Crippen molar-refractivity contribution in [3.8, 4) is 11.5 Å². The standard InChI is InChI=1S/C16H20O4/c17-12(7-11-3-1-2-4-11)9-19-13-5-6-14-15(18)10-20-16(14)8-13/h5-6,8,11-12,17H,1-4,7,9-10H2. The van der Waals surface area contributed by atoms with Crippen LogP contribution in [0.25, 0.3) is 0 Å². The highest BCUT2D eigenvalue weighted by atomic mass is 16.5. The lowest BCUT2D eigenvalue weighted by atomic mass is 10.0. The molecule has 108 valence electrons. The van der Waals surface area contributed by atoms with Crippen LogP contribution in [0.15, 0.2) is 18.2 Å². The number of rotatable bonds is 5. The van der Waals surface area contributed by atoms with Crippen LogP contribution in [0.3, 0.4) is 0 Å². The molecule has 1 N–H and O–H groups in total. The Balaban J connectivity index is 1.52. The van der Waals surface area contributed by atoms with E-state index < -0.39 is 6.10 Å². The van der Waals surface area contributed by atoms with Crippen LogP contribution in [-0.4, -0.2) is 30.2 Å². The molecule has 1 atom stereocenters. The summed E-state index contributed by atoms with van der Waals surface area (Å²) >= 11 is 0. The van der Waals surface area contributed by atoms with Gasteiger partial charge in [0.1, 0.15) is 18.1 Å². The van der Waals surface area contributed by atoms with Gasteiger partial charge in [-0.15, -0.1) is 0 Å². The SMILES string of the molecule is O=C1COc2cc(OCC(O)CC3CCCC3)ccc21. The van der Waals surface area contributed by atoms with Crippen LogP contribution in [0.5, 0.6) is 11.5 Å². The van der Waals surface area contributed by atoms with Crippen molar-refractivity contribution in [1.29, 1.82) is 0 Å². The normalized spacial score (nSPS) is 19.8. The lowest BCUT2D eigenvalue weighted by Gasteiger charge is -2.16. The van der Waals surface area contributed by atoms with E-state index >= 15 is 0 Å². The van der Waals surface area contributed by atoms with Crippen LogP contribution in [0.1, 0.15) is 42.5 Å². The molecule has 4 heteroatoms. The summed E-state index contributed by atoms with van der Waals surface area (Å²) < 4.78 is 10.9. The zero-order valence-electron chi connectivity index (χ0n) is 11.5. The predicted octanol–water partition coefficient (Wildman–Crippen LogP) is 2.58. The third-order valence-corrected chi connectivity index (χ3v) is 4.13. The minimum atomic E-state index is -0.422. The van der Waals surface area contributed by atoms with Gasteiger partial charge in [0.25, 0.3) is 0 Å². The van der Waals surface area contributed by atoms with Gasteiger partial charge < -0.3 is 14.6 Å². The monoisotopic (exact) mass is 276 g/mol. The summed E-state index contributed by atoms with van der Waals surface area (Å²) in [5, 5.41) is 10.00. The summed E-state index contributed by atoms with van der Waals surface area (Å²) in [4.78, 5) is 11.4. The number of fused-ring (bicyclic) bond motifs is 1. The van der Waals surface area contributed by atoms with Crippen LogP contribution in [-0.2, 0) is 0 Å². The fourth-order valence-corrected chi connectivity index (χ4v) is 3.05. The van der Waals surface area contributed by atoms with Gasteiger partial charge in [0.2, 0.25) is 5.78 Å². The number of Topliss-reactive ketones (excluding diaryl/α,β-unsaturated/α-hetero) is 1. The van der Waals surface area contributed by atoms with Gasteiger partial charge in [-0.3, -0.25) is 4.79 Å². The van der Waals surface area contributed by atoms with E-state index in [1.54, 1.807) is 18.2 Å². The molecule has 1 unspecified atom stereocenters. The highest BCUT2D eigenvalue weighted by molar-refractivity contribution is 6.02.